The zero-order valence-electron chi connectivity index (χ0n) is 14.0. The summed E-state index contributed by atoms with van der Waals surface area (Å²) in [4.78, 5) is 23.8. The van der Waals surface area contributed by atoms with Crippen molar-refractivity contribution in [3.05, 3.63) is 29.3 Å². The first-order valence-corrected chi connectivity index (χ1v) is 7.55. The summed E-state index contributed by atoms with van der Waals surface area (Å²) in [5.74, 6) is 0.265. The molecule has 1 heterocycles. The van der Waals surface area contributed by atoms with Gasteiger partial charge in [0.05, 0.1) is 19.6 Å². The minimum Gasteiger partial charge on any atom is -0.497 e. The van der Waals surface area contributed by atoms with E-state index in [-0.39, 0.29) is 11.9 Å². The number of cyclic esters (lactones) is 1. The van der Waals surface area contributed by atoms with Gasteiger partial charge in [-0.25, -0.2) is 4.79 Å². The maximum absolute atomic E-state index is 12.3. The van der Waals surface area contributed by atoms with Gasteiger partial charge >= 0.3 is 11.9 Å². The molecule has 24 heavy (non-hydrogen) atoms. The average molecular weight is 330 g/mol. The topological polar surface area (TPSA) is 71.1 Å². The van der Waals surface area contributed by atoms with Crippen molar-refractivity contribution in [2.75, 3.05) is 14.2 Å². The molecule has 2 aromatic carbocycles. The molecule has 0 aliphatic carbocycles. The van der Waals surface area contributed by atoms with Crippen LogP contribution in [0.2, 0.25) is 0 Å². The molecule has 0 saturated heterocycles. The molecule has 2 aromatic rings. The lowest BCUT2D eigenvalue weighted by Crippen LogP contribution is -2.25. The number of carbonyl (C=O) groups excluding carboxylic acids is 2. The van der Waals surface area contributed by atoms with Crippen molar-refractivity contribution in [3.63, 3.8) is 0 Å². The Morgan fingerprint density at radius 1 is 1.21 bits per heavy atom. The lowest BCUT2D eigenvalue weighted by atomic mass is 9.93. The number of fused-ring (bicyclic) bond motifs is 2. The van der Waals surface area contributed by atoms with Gasteiger partial charge in [-0.1, -0.05) is 0 Å². The fraction of sp³-hybridized carbons (Fsp3) is 0.333. The standard InChI is InChI=1S/C18H18O6/c1-9-5-11-6-12-7-13(21-3)8-14(24-10(2)19)15(12)17(22-4)16(11)18(20)23-9/h6-9H,5H2,1-4H3. The first kappa shape index (κ1) is 16.1. The highest BCUT2D eigenvalue weighted by molar-refractivity contribution is 6.06. The Kier molecular flexibility index (Phi) is 4.05. The third kappa shape index (κ3) is 2.64. The molecule has 0 bridgehead atoms. The van der Waals surface area contributed by atoms with Gasteiger partial charge in [-0.15, -0.1) is 0 Å². The molecule has 126 valence electrons. The molecule has 0 N–H and O–H groups in total. The zero-order valence-corrected chi connectivity index (χ0v) is 14.0. The normalized spacial score (nSPS) is 16.3. The molecule has 6 heteroatoms. The van der Waals surface area contributed by atoms with Crippen LogP contribution in [-0.2, 0) is 16.0 Å². The summed E-state index contributed by atoms with van der Waals surface area (Å²) < 4.78 is 21.4. The Labute approximate surface area is 139 Å². The van der Waals surface area contributed by atoms with Crippen molar-refractivity contribution >= 4 is 22.7 Å². The van der Waals surface area contributed by atoms with E-state index in [9.17, 15) is 9.59 Å². The summed E-state index contributed by atoms with van der Waals surface area (Å²) >= 11 is 0. The van der Waals surface area contributed by atoms with Crippen LogP contribution in [0.1, 0.15) is 29.8 Å². The van der Waals surface area contributed by atoms with Crippen LogP contribution in [0.25, 0.3) is 10.8 Å². The molecule has 0 fully saturated rings. The zero-order chi connectivity index (χ0) is 17.4. The number of benzene rings is 2. The summed E-state index contributed by atoms with van der Waals surface area (Å²) in [6.07, 6.45) is 0.388. The van der Waals surface area contributed by atoms with Gasteiger partial charge < -0.3 is 18.9 Å². The van der Waals surface area contributed by atoms with Crippen LogP contribution in [-0.4, -0.2) is 32.3 Å². The van der Waals surface area contributed by atoms with Gasteiger partial charge in [-0.3, -0.25) is 4.79 Å². The van der Waals surface area contributed by atoms with E-state index >= 15 is 0 Å². The molecule has 1 aliphatic rings. The number of carbonyl (C=O) groups is 2. The second-order valence-electron chi connectivity index (χ2n) is 5.68. The monoisotopic (exact) mass is 330 g/mol. The van der Waals surface area contributed by atoms with Crippen LogP contribution in [0.3, 0.4) is 0 Å². The average Bonchev–Trinajstić information content (AvgIpc) is 2.51. The quantitative estimate of drug-likeness (QED) is 0.636. The van der Waals surface area contributed by atoms with Gasteiger partial charge in [-0.05, 0) is 30.0 Å². The highest BCUT2D eigenvalue weighted by Gasteiger charge is 2.30. The maximum Gasteiger partial charge on any atom is 0.342 e. The maximum atomic E-state index is 12.3. The fourth-order valence-corrected chi connectivity index (χ4v) is 3.03. The van der Waals surface area contributed by atoms with Crippen LogP contribution in [0.5, 0.6) is 17.2 Å². The van der Waals surface area contributed by atoms with Crippen molar-refractivity contribution < 1.29 is 28.5 Å². The Morgan fingerprint density at radius 2 is 1.96 bits per heavy atom. The van der Waals surface area contributed by atoms with Gasteiger partial charge in [0.25, 0.3) is 0 Å². The molecular weight excluding hydrogens is 312 g/mol. The highest BCUT2D eigenvalue weighted by atomic mass is 16.5. The molecular formula is C18H18O6. The van der Waals surface area contributed by atoms with E-state index in [1.807, 2.05) is 19.1 Å². The van der Waals surface area contributed by atoms with Crippen LogP contribution in [0, 0.1) is 0 Å². The second kappa shape index (κ2) is 6.03. The minimum absolute atomic E-state index is 0.203. The van der Waals surface area contributed by atoms with Gasteiger partial charge in [0.15, 0.2) is 0 Å². The fourth-order valence-electron chi connectivity index (χ4n) is 3.03. The van der Waals surface area contributed by atoms with E-state index in [4.69, 9.17) is 18.9 Å². The number of hydrogen-bond acceptors (Lipinski definition) is 6. The summed E-state index contributed by atoms with van der Waals surface area (Å²) in [6.45, 7) is 3.15. The minimum atomic E-state index is -0.472. The van der Waals surface area contributed by atoms with E-state index in [2.05, 4.69) is 0 Å². The lowest BCUT2D eigenvalue weighted by Gasteiger charge is -2.25. The number of ether oxygens (including phenoxy) is 4. The largest absolute Gasteiger partial charge is 0.497 e. The molecule has 0 radical (unpaired) electrons. The van der Waals surface area contributed by atoms with Crippen molar-refractivity contribution in [2.45, 2.75) is 26.4 Å². The number of hydrogen-bond donors (Lipinski definition) is 0. The van der Waals surface area contributed by atoms with E-state index in [1.165, 1.54) is 21.1 Å². The SMILES string of the molecule is COc1cc(OC(C)=O)c2c(OC)c3c(cc2c1)CC(C)OC3=O. The van der Waals surface area contributed by atoms with E-state index in [1.54, 1.807) is 6.07 Å². The van der Waals surface area contributed by atoms with Gasteiger partial charge in [0, 0.05) is 19.4 Å². The van der Waals surface area contributed by atoms with Gasteiger partial charge in [0.2, 0.25) is 0 Å². The third-order valence-corrected chi connectivity index (χ3v) is 3.92. The summed E-state index contributed by atoms with van der Waals surface area (Å²) in [7, 11) is 3.01. The summed E-state index contributed by atoms with van der Waals surface area (Å²) in [5, 5.41) is 1.31. The first-order valence-electron chi connectivity index (χ1n) is 7.55. The predicted molar refractivity (Wildman–Crippen MR) is 86.9 cm³/mol. The first-order chi connectivity index (χ1) is 11.4. The number of esters is 2. The molecule has 1 aliphatic heterocycles. The third-order valence-electron chi connectivity index (χ3n) is 3.92. The molecule has 6 nitrogen and oxygen atoms in total. The lowest BCUT2D eigenvalue weighted by molar-refractivity contribution is -0.131. The van der Waals surface area contributed by atoms with E-state index in [0.717, 1.165) is 10.9 Å². The van der Waals surface area contributed by atoms with Crippen LogP contribution >= 0.6 is 0 Å². The van der Waals surface area contributed by atoms with Crippen molar-refractivity contribution in [3.8, 4) is 17.2 Å². The molecule has 0 aromatic heterocycles. The van der Waals surface area contributed by atoms with Crippen LogP contribution < -0.4 is 14.2 Å². The number of rotatable bonds is 3. The van der Waals surface area contributed by atoms with Gasteiger partial charge in [-0.2, -0.15) is 0 Å². The molecule has 0 amide bonds. The molecule has 1 unspecified atom stereocenters. The second-order valence-corrected chi connectivity index (χ2v) is 5.68. The molecule has 3 rings (SSSR count). The number of methoxy groups -OCH3 is 2. The van der Waals surface area contributed by atoms with E-state index in [0.29, 0.717) is 28.9 Å². The van der Waals surface area contributed by atoms with Crippen molar-refractivity contribution in [2.24, 2.45) is 0 Å². The molecule has 0 spiro atoms. The molecule has 1 atom stereocenters. The smallest absolute Gasteiger partial charge is 0.342 e. The van der Waals surface area contributed by atoms with Gasteiger partial charge in [0.1, 0.15) is 28.9 Å². The van der Waals surface area contributed by atoms with Crippen molar-refractivity contribution in [1.82, 2.24) is 0 Å². The Morgan fingerprint density at radius 3 is 2.58 bits per heavy atom. The predicted octanol–water partition coefficient (Wildman–Crippen LogP) is 2.88. The van der Waals surface area contributed by atoms with Crippen molar-refractivity contribution in [1.29, 1.82) is 0 Å². The van der Waals surface area contributed by atoms with E-state index < -0.39 is 11.9 Å². The van der Waals surface area contributed by atoms with Crippen LogP contribution in [0.4, 0.5) is 0 Å². The summed E-state index contributed by atoms with van der Waals surface area (Å²) in [5.41, 5.74) is 1.21. The Hall–Kier alpha value is -2.76. The van der Waals surface area contributed by atoms with Crippen LogP contribution in [0.15, 0.2) is 18.2 Å². The Bertz CT molecular complexity index is 839. The Balaban J connectivity index is 2.37. The highest BCUT2D eigenvalue weighted by Crippen LogP contribution is 2.43. The summed E-state index contributed by atoms with van der Waals surface area (Å²) in [6, 6.07) is 5.30. The molecule has 0 saturated carbocycles.